The van der Waals surface area contributed by atoms with E-state index in [1.165, 1.54) is 31.6 Å². The number of nitro benzene ring substituents is 1. The highest BCUT2D eigenvalue weighted by molar-refractivity contribution is 7.14. The molecule has 0 radical (unpaired) electrons. The van der Waals surface area contributed by atoms with Gasteiger partial charge in [0.15, 0.2) is 16.6 Å². The van der Waals surface area contributed by atoms with Crippen LogP contribution in [0.5, 0.6) is 11.5 Å². The van der Waals surface area contributed by atoms with Crippen molar-refractivity contribution >= 4 is 39.7 Å². The maximum Gasteiger partial charge on any atom is 0.286 e. The van der Waals surface area contributed by atoms with Gasteiger partial charge in [-0.15, -0.1) is 11.3 Å². The monoisotopic (exact) mass is 482 g/mol. The van der Waals surface area contributed by atoms with Crippen LogP contribution in [-0.2, 0) is 10.2 Å². The molecule has 1 aliphatic rings. The lowest BCUT2D eigenvalue weighted by Gasteiger charge is -2.16. The third-order valence-electron chi connectivity index (χ3n) is 5.83. The van der Waals surface area contributed by atoms with Crippen LogP contribution in [0.1, 0.15) is 29.8 Å². The first-order chi connectivity index (χ1) is 16.1. The molecule has 1 aliphatic heterocycles. The Morgan fingerprint density at radius 1 is 1.18 bits per heavy atom. The lowest BCUT2D eigenvalue weighted by atomic mass is 9.85. The number of nitro groups is 1. The minimum atomic E-state index is -0.698. The molecule has 2 aromatic carbocycles. The second-order valence-corrected chi connectivity index (χ2v) is 9.05. The van der Waals surface area contributed by atoms with E-state index in [4.69, 9.17) is 9.47 Å². The Hall–Kier alpha value is -3.99. The molecule has 0 atom stereocenters. The van der Waals surface area contributed by atoms with Gasteiger partial charge in [-0.05, 0) is 31.5 Å². The van der Waals surface area contributed by atoms with Crippen molar-refractivity contribution in [3.63, 3.8) is 0 Å². The molecule has 1 aromatic heterocycles. The topological polar surface area (TPSA) is 124 Å². The summed E-state index contributed by atoms with van der Waals surface area (Å²) in [7, 11) is 4.48. The number of rotatable bonds is 6. The number of benzene rings is 2. The predicted molar refractivity (Wildman–Crippen MR) is 128 cm³/mol. The Morgan fingerprint density at radius 2 is 1.85 bits per heavy atom. The lowest BCUT2D eigenvalue weighted by Crippen LogP contribution is -2.33. The Kier molecular flexibility index (Phi) is 5.74. The highest BCUT2D eigenvalue weighted by Gasteiger charge is 2.42. The van der Waals surface area contributed by atoms with Crippen molar-refractivity contribution in [3.05, 3.63) is 57.0 Å². The van der Waals surface area contributed by atoms with Crippen LogP contribution in [-0.4, -0.2) is 43.0 Å². The average Bonchev–Trinajstić information content (AvgIpc) is 3.35. The molecule has 0 unspecified atom stereocenters. The molecule has 176 valence electrons. The second-order valence-electron chi connectivity index (χ2n) is 8.19. The van der Waals surface area contributed by atoms with E-state index in [0.29, 0.717) is 5.69 Å². The minimum absolute atomic E-state index is 0.0161. The number of nitrogens with one attached hydrogen (secondary N) is 1. The summed E-state index contributed by atoms with van der Waals surface area (Å²) in [4.78, 5) is 42.4. The first kappa shape index (κ1) is 23.2. The zero-order valence-corrected chi connectivity index (χ0v) is 20.0. The number of ether oxygens (including phenoxy) is 2. The highest BCUT2D eigenvalue weighted by Crippen LogP contribution is 2.43. The van der Waals surface area contributed by atoms with Crippen LogP contribution in [0.15, 0.2) is 35.7 Å². The Morgan fingerprint density at radius 3 is 2.50 bits per heavy atom. The van der Waals surface area contributed by atoms with E-state index in [0.717, 1.165) is 22.9 Å². The molecule has 2 heterocycles. The Labute approximate surface area is 199 Å². The first-order valence-electron chi connectivity index (χ1n) is 10.2. The number of nitrogens with zero attached hydrogens (tertiary/aromatic N) is 3. The SMILES string of the molecule is COc1cc(C(=O)Nc2nc(-c3ccc4c(c3)C(C)(C)C(=O)N4C)cs2)c([N+](=O)[O-])cc1OC. The summed E-state index contributed by atoms with van der Waals surface area (Å²) in [5, 5.41) is 16.2. The summed E-state index contributed by atoms with van der Waals surface area (Å²) < 4.78 is 10.3. The van der Waals surface area contributed by atoms with Gasteiger partial charge in [-0.25, -0.2) is 4.98 Å². The number of amides is 2. The molecule has 3 aromatic rings. The first-order valence-corrected chi connectivity index (χ1v) is 11.1. The predicted octanol–water partition coefficient (Wildman–Crippen LogP) is 4.24. The largest absolute Gasteiger partial charge is 0.493 e. The van der Waals surface area contributed by atoms with Crippen molar-refractivity contribution in [3.8, 4) is 22.8 Å². The molecule has 11 heteroatoms. The van der Waals surface area contributed by atoms with Gasteiger partial charge in [-0.1, -0.05) is 6.07 Å². The molecular formula is C23H22N4O6S. The number of carbonyl (C=O) groups is 2. The van der Waals surface area contributed by atoms with Crippen LogP contribution in [0.3, 0.4) is 0 Å². The summed E-state index contributed by atoms with van der Waals surface area (Å²) in [6.07, 6.45) is 0. The lowest BCUT2D eigenvalue weighted by molar-refractivity contribution is -0.385. The summed E-state index contributed by atoms with van der Waals surface area (Å²) in [5.41, 5.74) is 1.91. The fourth-order valence-electron chi connectivity index (χ4n) is 3.96. The van der Waals surface area contributed by atoms with Gasteiger partial charge in [0.1, 0.15) is 5.56 Å². The summed E-state index contributed by atoms with van der Waals surface area (Å²) in [6, 6.07) is 8.07. The molecule has 4 rings (SSSR count). The fraction of sp³-hybridized carbons (Fsp3) is 0.261. The number of anilines is 2. The number of likely N-dealkylation sites (N-methyl/N-ethyl adjacent to an activating group) is 1. The molecular weight excluding hydrogens is 460 g/mol. The van der Waals surface area contributed by atoms with Crippen LogP contribution < -0.4 is 19.7 Å². The Bertz CT molecular complexity index is 1330. The molecule has 0 fully saturated rings. The average molecular weight is 483 g/mol. The summed E-state index contributed by atoms with van der Waals surface area (Å²) in [6.45, 7) is 3.76. The zero-order chi connectivity index (χ0) is 24.8. The van der Waals surface area contributed by atoms with Gasteiger partial charge < -0.3 is 14.4 Å². The van der Waals surface area contributed by atoms with E-state index in [-0.39, 0.29) is 28.1 Å². The molecule has 0 saturated heterocycles. The van der Waals surface area contributed by atoms with Gasteiger partial charge in [0.2, 0.25) is 5.91 Å². The number of hydrogen-bond donors (Lipinski definition) is 1. The van der Waals surface area contributed by atoms with Crippen molar-refractivity contribution in [1.82, 2.24) is 4.98 Å². The van der Waals surface area contributed by atoms with Crippen molar-refractivity contribution in [2.45, 2.75) is 19.3 Å². The van der Waals surface area contributed by atoms with E-state index in [9.17, 15) is 19.7 Å². The number of carbonyl (C=O) groups excluding carboxylic acids is 2. The van der Waals surface area contributed by atoms with Crippen LogP contribution in [0.2, 0.25) is 0 Å². The number of hydrogen-bond acceptors (Lipinski definition) is 8. The molecule has 0 spiro atoms. The van der Waals surface area contributed by atoms with Crippen LogP contribution >= 0.6 is 11.3 Å². The molecule has 0 bridgehead atoms. The van der Waals surface area contributed by atoms with Crippen molar-refractivity contribution < 1.29 is 24.0 Å². The molecule has 0 aliphatic carbocycles. The van der Waals surface area contributed by atoms with E-state index in [2.05, 4.69) is 10.3 Å². The third kappa shape index (κ3) is 3.73. The number of thiazole rings is 1. The molecule has 34 heavy (non-hydrogen) atoms. The van der Waals surface area contributed by atoms with E-state index in [1.54, 1.807) is 17.3 Å². The van der Waals surface area contributed by atoms with Gasteiger partial charge in [0.25, 0.3) is 11.6 Å². The maximum absolute atomic E-state index is 12.9. The maximum atomic E-state index is 12.9. The van der Waals surface area contributed by atoms with Gasteiger partial charge in [-0.2, -0.15) is 0 Å². The third-order valence-corrected chi connectivity index (χ3v) is 6.59. The number of aromatic nitrogens is 1. The van der Waals surface area contributed by atoms with E-state index in [1.807, 2.05) is 32.0 Å². The van der Waals surface area contributed by atoms with Gasteiger partial charge >= 0.3 is 0 Å². The quantitative estimate of drug-likeness (QED) is 0.412. The van der Waals surface area contributed by atoms with Crippen LogP contribution in [0, 0.1) is 10.1 Å². The smallest absolute Gasteiger partial charge is 0.286 e. The van der Waals surface area contributed by atoms with Gasteiger partial charge in [-0.3, -0.25) is 25.0 Å². The minimum Gasteiger partial charge on any atom is -0.493 e. The molecule has 1 N–H and O–H groups in total. The zero-order valence-electron chi connectivity index (χ0n) is 19.2. The highest BCUT2D eigenvalue weighted by atomic mass is 32.1. The van der Waals surface area contributed by atoms with Gasteiger partial charge in [0.05, 0.1) is 36.3 Å². The number of fused-ring (bicyclic) bond motifs is 1. The van der Waals surface area contributed by atoms with Crippen LogP contribution in [0.25, 0.3) is 11.3 Å². The second kappa shape index (κ2) is 8.41. The molecule has 2 amide bonds. The molecule has 10 nitrogen and oxygen atoms in total. The Balaban J connectivity index is 1.63. The van der Waals surface area contributed by atoms with Crippen LogP contribution in [0.4, 0.5) is 16.5 Å². The van der Waals surface area contributed by atoms with Crippen molar-refractivity contribution in [2.75, 3.05) is 31.5 Å². The number of methoxy groups -OCH3 is 2. The van der Waals surface area contributed by atoms with Crippen molar-refractivity contribution in [2.24, 2.45) is 0 Å². The fourth-order valence-corrected chi connectivity index (χ4v) is 4.68. The molecule has 0 saturated carbocycles. The normalized spacial score (nSPS) is 14.0. The summed E-state index contributed by atoms with van der Waals surface area (Å²) >= 11 is 1.19. The standard InChI is InChI=1S/C23H22N4O6S/c1-23(2)14-8-12(6-7-16(14)26(3)21(23)29)15-11-34-22(24-15)25-20(28)13-9-18(32-4)19(33-5)10-17(13)27(30)31/h6-11H,1-5H3,(H,24,25,28). The van der Waals surface area contributed by atoms with E-state index < -0.39 is 21.9 Å². The van der Waals surface area contributed by atoms with Gasteiger partial charge in [0, 0.05) is 29.7 Å². The van der Waals surface area contributed by atoms with Crippen molar-refractivity contribution in [1.29, 1.82) is 0 Å². The summed E-state index contributed by atoms with van der Waals surface area (Å²) in [5.74, 6) is -0.345. The van der Waals surface area contributed by atoms with E-state index >= 15 is 0 Å².